The average molecular weight is 463 g/mol. The highest BCUT2D eigenvalue weighted by Crippen LogP contribution is 2.26. The van der Waals surface area contributed by atoms with Gasteiger partial charge in [-0.3, -0.25) is 9.36 Å². The minimum absolute atomic E-state index is 0.0411. The number of nitrogens with zero attached hydrogens (tertiary/aromatic N) is 4. The maximum atomic E-state index is 12.6. The van der Waals surface area contributed by atoms with Crippen LogP contribution in [-0.2, 0) is 17.9 Å². The van der Waals surface area contributed by atoms with Gasteiger partial charge in [0.05, 0.1) is 12.0 Å². The first-order valence-corrected chi connectivity index (χ1v) is 10.8. The smallest absolute Gasteiger partial charge is 0.233 e. The topological polar surface area (TPSA) is 64.2 Å². The number of carbonyl (C=O) groups excluding carboxylic acids is 1. The van der Waals surface area contributed by atoms with E-state index in [-0.39, 0.29) is 5.91 Å². The number of amides is 1. The monoisotopic (exact) mass is 462 g/mol. The summed E-state index contributed by atoms with van der Waals surface area (Å²) in [6.07, 6.45) is 1.62. The zero-order valence-corrected chi connectivity index (χ0v) is 18.5. The van der Waals surface area contributed by atoms with Crippen LogP contribution in [0.3, 0.4) is 0 Å². The van der Waals surface area contributed by atoms with Crippen molar-refractivity contribution in [1.29, 1.82) is 0 Å². The van der Waals surface area contributed by atoms with Gasteiger partial charge in [-0.15, -0.1) is 10.2 Å². The molecule has 2 aromatic heterocycles. The van der Waals surface area contributed by atoms with Crippen LogP contribution < -0.4 is 0 Å². The van der Waals surface area contributed by atoms with E-state index in [0.717, 1.165) is 21.7 Å². The van der Waals surface area contributed by atoms with Crippen molar-refractivity contribution < 1.29 is 9.21 Å². The Morgan fingerprint density at radius 3 is 2.71 bits per heavy atom. The average Bonchev–Trinajstić information content (AvgIpc) is 3.31. The summed E-state index contributed by atoms with van der Waals surface area (Å²) < 4.78 is 8.51. The molecule has 0 saturated heterocycles. The molecule has 0 aliphatic rings. The van der Waals surface area contributed by atoms with Crippen LogP contribution in [0.15, 0.2) is 56.7 Å². The van der Waals surface area contributed by atoms with Gasteiger partial charge in [-0.25, -0.2) is 0 Å². The Morgan fingerprint density at radius 2 is 2.04 bits per heavy atom. The van der Waals surface area contributed by atoms with Crippen LogP contribution in [0.2, 0.25) is 0 Å². The van der Waals surface area contributed by atoms with E-state index in [2.05, 4.69) is 40.0 Å². The number of aromatic nitrogens is 3. The van der Waals surface area contributed by atoms with Gasteiger partial charge in [0.2, 0.25) is 5.91 Å². The molecule has 1 amide bonds. The third-order valence-corrected chi connectivity index (χ3v) is 5.85. The van der Waals surface area contributed by atoms with Crippen molar-refractivity contribution in [1.82, 2.24) is 19.7 Å². The molecule has 2 heterocycles. The van der Waals surface area contributed by atoms with E-state index in [9.17, 15) is 4.79 Å². The Kier molecular flexibility index (Phi) is 6.96. The maximum Gasteiger partial charge on any atom is 0.233 e. The Bertz CT molecular complexity index is 924. The summed E-state index contributed by atoms with van der Waals surface area (Å²) in [5.74, 6) is 2.12. The SMILES string of the molecule is CC(C)Cn1c(SCC(=O)N(C)Cc2ccccc2Br)nnc1-c1ccco1. The number of furan rings is 1. The molecule has 0 N–H and O–H groups in total. The Hall–Kier alpha value is -2.06. The predicted molar refractivity (Wildman–Crippen MR) is 114 cm³/mol. The normalized spacial score (nSPS) is 11.2. The van der Waals surface area contributed by atoms with Crippen LogP contribution >= 0.6 is 27.7 Å². The van der Waals surface area contributed by atoms with Gasteiger partial charge in [-0.1, -0.05) is 59.7 Å². The minimum Gasteiger partial charge on any atom is -0.461 e. The van der Waals surface area contributed by atoms with E-state index < -0.39 is 0 Å². The summed E-state index contributed by atoms with van der Waals surface area (Å²) in [5.41, 5.74) is 1.08. The first-order chi connectivity index (χ1) is 13.5. The molecule has 0 fully saturated rings. The molecule has 0 unspecified atom stereocenters. The van der Waals surface area contributed by atoms with E-state index in [1.165, 1.54) is 11.8 Å². The van der Waals surface area contributed by atoms with E-state index >= 15 is 0 Å². The Morgan fingerprint density at radius 1 is 1.25 bits per heavy atom. The van der Waals surface area contributed by atoms with Crippen molar-refractivity contribution in [3.63, 3.8) is 0 Å². The van der Waals surface area contributed by atoms with Crippen molar-refractivity contribution in [2.45, 2.75) is 32.1 Å². The molecule has 0 saturated carbocycles. The molecule has 0 radical (unpaired) electrons. The minimum atomic E-state index is 0.0411. The summed E-state index contributed by atoms with van der Waals surface area (Å²) in [6, 6.07) is 11.6. The largest absolute Gasteiger partial charge is 0.461 e. The summed E-state index contributed by atoms with van der Waals surface area (Å²) in [6.45, 7) is 5.58. The van der Waals surface area contributed by atoms with E-state index in [0.29, 0.717) is 29.8 Å². The molecule has 148 valence electrons. The highest BCUT2D eigenvalue weighted by Gasteiger charge is 2.19. The number of thioether (sulfide) groups is 1. The standard InChI is InChI=1S/C20H23BrN4O2S/c1-14(2)11-25-19(17-9-6-10-27-17)22-23-20(25)28-13-18(26)24(3)12-15-7-4-5-8-16(15)21/h4-10,14H,11-13H2,1-3H3. The Balaban J connectivity index is 1.68. The van der Waals surface area contributed by atoms with Crippen LogP contribution in [0.4, 0.5) is 0 Å². The molecule has 28 heavy (non-hydrogen) atoms. The van der Waals surface area contributed by atoms with Crippen molar-refractivity contribution in [2.24, 2.45) is 5.92 Å². The number of hydrogen-bond donors (Lipinski definition) is 0. The predicted octanol–water partition coefficient (Wildman–Crippen LogP) is 4.71. The second kappa shape index (κ2) is 9.43. The lowest BCUT2D eigenvalue weighted by molar-refractivity contribution is -0.127. The molecule has 0 atom stereocenters. The summed E-state index contributed by atoms with van der Waals surface area (Å²) in [5, 5.41) is 9.30. The molecule has 0 spiro atoms. The number of hydrogen-bond acceptors (Lipinski definition) is 5. The summed E-state index contributed by atoms with van der Waals surface area (Å²) in [7, 11) is 1.81. The molecular weight excluding hydrogens is 440 g/mol. The van der Waals surface area contributed by atoms with Crippen LogP contribution in [-0.4, -0.2) is 38.4 Å². The summed E-state index contributed by atoms with van der Waals surface area (Å²) >= 11 is 4.93. The van der Waals surface area contributed by atoms with Gasteiger partial charge < -0.3 is 9.32 Å². The van der Waals surface area contributed by atoms with E-state index in [4.69, 9.17) is 4.42 Å². The van der Waals surface area contributed by atoms with E-state index in [1.807, 2.05) is 48.0 Å². The zero-order chi connectivity index (χ0) is 20.1. The molecule has 0 aliphatic carbocycles. The molecular formula is C20H23BrN4O2S. The lowest BCUT2D eigenvalue weighted by Crippen LogP contribution is -2.28. The summed E-state index contributed by atoms with van der Waals surface area (Å²) in [4.78, 5) is 14.3. The third-order valence-electron chi connectivity index (χ3n) is 4.12. The van der Waals surface area contributed by atoms with Crippen molar-refractivity contribution in [2.75, 3.05) is 12.8 Å². The highest BCUT2D eigenvalue weighted by atomic mass is 79.9. The van der Waals surface area contributed by atoms with Crippen molar-refractivity contribution in [3.05, 3.63) is 52.7 Å². The number of rotatable bonds is 8. The fourth-order valence-electron chi connectivity index (χ4n) is 2.72. The zero-order valence-electron chi connectivity index (χ0n) is 16.1. The number of benzene rings is 1. The molecule has 0 aliphatic heterocycles. The second-order valence-electron chi connectivity index (χ2n) is 6.92. The fourth-order valence-corrected chi connectivity index (χ4v) is 4.02. The number of carbonyl (C=O) groups is 1. The Labute approximate surface area is 177 Å². The van der Waals surface area contributed by atoms with Gasteiger partial charge in [0.25, 0.3) is 0 Å². The van der Waals surface area contributed by atoms with Crippen LogP contribution in [0, 0.1) is 5.92 Å². The van der Waals surface area contributed by atoms with Gasteiger partial charge in [0.15, 0.2) is 16.7 Å². The van der Waals surface area contributed by atoms with E-state index in [1.54, 1.807) is 11.2 Å². The molecule has 3 aromatic rings. The van der Waals surface area contributed by atoms with Gasteiger partial charge in [0.1, 0.15) is 0 Å². The first-order valence-electron chi connectivity index (χ1n) is 9.03. The molecule has 1 aromatic carbocycles. The van der Waals surface area contributed by atoms with Crippen LogP contribution in [0.25, 0.3) is 11.6 Å². The quantitative estimate of drug-likeness (QED) is 0.453. The van der Waals surface area contributed by atoms with Crippen LogP contribution in [0.5, 0.6) is 0 Å². The third kappa shape index (κ3) is 5.05. The maximum absolute atomic E-state index is 12.6. The molecule has 6 nitrogen and oxygen atoms in total. The van der Waals surface area contributed by atoms with Gasteiger partial charge in [-0.2, -0.15) is 0 Å². The second-order valence-corrected chi connectivity index (χ2v) is 8.71. The van der Waals surface area contributed by atoms with Gasteiger partial charge >= 0.3 is 0 Å². The highest BCUT2D eigenvalue weighted by molar-refractivity contribution is 9.10. The molecule has 8 heteroatoms. The molecule has 3 rings (SSSR count). The van der Waals surface area contributed by atoms with Gasteiger partial charge in [-0.05, 0) is 29.7 Å². The first kappa shape index (κ1) is 20.7. The van der Waals surface area contributed by atoms with Crippen LogP contribution in [0.1, 0.15) is 19.4 Å². The van der Waals surface area contributed by atoms with Crippen molar-refractivity contribution in [3.8, 4) is 11.6 Å². The van der Waals surface area contributed by atoms with Gasteiger partial charge in [0, 0.05) is 24.6 Å². The van der Waals surface area contributed by atoms with Crippen molar-refractivity contribution >= 4 is 33.6 Å². The lowest BCUT2D eigenvalue weighted by Gasteiger charge is -2.18. The molecule has 0 bridgehead atoms. The number of halogens is 1. The fraction of sp³-hybridized carbons (Fsp3) is 0.350. The lowest BCUT2D eigenvalue weighted by atomic mass is 10.2.